The number of nitrogens with zero attached hydrogens (tertiary/aromatic N) is 5. The maximum Gasteiger partial charge on any atom is 0.159 e. The third kappa shape index (κ3) is 4.10. The van der Waals surface area contributed by atoms with Gasteiger partial charge in [-0.25, -0.2) is 9.97 Å². The molecule has 36 heavy (non-hydrogen) atoms. The predicted octanol–water partition coefficient (Wildman–Crippen LogP) is 5.53. The molecule has 6 heterocycles. The molecule has 10 heteroatoms. The van der Waals surface area contributed by atoms with Crippen LogP contribution in [0.2, 0.25) is 0 Å². The van der Waals surface area contributed by atoms with E-state index in [2.05, 4.69) is 54.5 Å². The first kappa shape index (κ1) is 22.3. The molecule has 0 spiro atoms. The Morgan fingerprint density at radius 3 is 2.75 bits per heavy atom. The van der Waals surface area contributed by atoms with Gasteiger partial charge in [0.05, 0.1) is 29.0 Å². The minimum atomic E-state index is -0.612. The van der Waals surface area contributed by atoms with Crippen LogP contribution in [-0.4, -0.2) is 46.5 Å². The number of imidazole rings is 1. The summed E-state index contributed by atoms with van der Waals surface area (Å²) in [5, 5.41) is 21.6. The summed E-state index contributed by atoms with van der Waals surface area (Å²) in [5.74, 6) is 0.647. The Bertz CT molecular complexity index is 1680. The van der Waals surface area contributed by atoms with E-state index >= 15 is 0 Å². The number of thiophene rings is 1. The van der Waals surface area contributed by atoms with Gasteiger partial charge in [0.15, 0.2) is 11.5 Å². The quantitative estimate of drug-likeness (QED) is 0.214. The first-order valence-corrected chi connectivity index (χ1v) is 12.6. The summed E-state index contributed by atoms with van der Waals surface area (Å²) in [4.78, 5) is 24.0. The lowest BCUT2D eigenvalue weighted by Crippen LogP contribution is -2.18. The van der Waals surface area contributed by atoms with Crippen LogP contribution < -0.4 is 5.32 Å². The molecular formula is C26H24N8OS. The Balaban J connectivity index is 1.40. The molecule has 6 rings (SSSR count). The van der Waals surface area contributed by atoms with Crippen molar-refractivity contribution in [1.82, 2.24) is 35.1 Å². The first-order valence-electron chi connectivity index (χ1n) is 11.7. The summed E-state index contributed by atoms with van der Waals surface area (Å²) in [5.41, 5.74) is 6.58. The minimum Gasteiger partial charge on any atom is -0.374 e. The van der Waals surface area contributed by atoms with Crippen LogP contribution in [0.3, 0.4) is 0 Å². The summed E-state index contributed by atoms with van der Waals surface area (Å²) in [6.07, 6.45) is 9.84. The molecule has 6 aromatic heterocycles. The minimum absolute atomic E-state index is 0.612. The van der Waals surface area contributed by atoms with Gasteiger partial charge in [-0.05, 0) is 37.6 Å². The number of fused-ring (bicyclic) bond motifs is 2. The van der Waals surface area contributed by atoms with E-state index in [1.54, 1.807) is 36.1 Å². The van der Waals surface area contributed by atoms with Crippen LogP contribution in [0.4, 0.5) is 5.69 Å². The van der Waals surface area contributed by atoms with Crippen molar-refractivity contribution in [3.63, 3.8) is 0 Å². The highest BCUT2D eigenvalue weighted by Gasteiger charge is 2.17. The van der Waals surface area contributed by atoms with E-state index in [4.69, 9.17) is 4.98 Å². The summed E-state index contributed by atoms with van der Waals surface area (Å²) in [7, 11) is 0. The lowest BCUT2D eigenvalue weighted by atomic mass is 10.1. The van der Waals surface area contributed by atoms with Crippen molar-refractivity contribution in [1.29, 1.82) is 0 Å². The molecular weight excluding hydrogens is 472 g/mol. The van der Waals surface area contributed by atoms with E-state index in [-0.39, 0.29) is 0 Å². The van der Waals surface area contributed by atoms with Crippen LogP contribution in [0.5, 0.6) is 0 Å². The first-order chi connectivity index (χ1) is 17.6. The van der Waals surface area contributed by atoms with Crippen LogP contribution in [0.15, 0.2) is 55.2 Å². The molecule has 180 valence electrons. The zero-order valence-corrected chi connectivity index (χ0v) is 20.6. The fourth-order valence-electron chi connectivity index (χ4n) is 4.26. The monoisotopic (exact) mass is 496 g/mol. The van der Waals surface area contributed by atoms with Gasteiger partial charge >= 0.3 is 0 Å². The molecule has 1 unspecified atom stereocenters. The third-order valence-electron chi connectivity index (χ3n) is 6.01. The lowest BCUT2D eigenvalue weighted by molar-refractivity contribution is 0.192. The Kier molecular flexibility index (Phi) is 5.67. The Morgan fingerprint density at radius 1 is 1.06 bits per heavy atom. The molecule has 4 N–H and O–H groups in total. The number of aromatic nitrogens is 7. The van der Waals surface area contributed by atoms with Crippen molar-refractivity contribution in [3.05, 3.63) is 60.1 Å². The number of aryl methyl sites for hydroxylation is 1. The van der Waals surface area contributed by atoms with Gasteiger partial charge in [-0.1, -0.05) is 13.3 Å². The van der Waals surface area contributed by atoms with Gasteiger partial charge in [-0.2, -0.15) is 5.10 Å². The van der Waals surface area contributed by atoms with Gasteiger partial charge in [0, 0.05) is 45.0 Å². The molecule has 0 fully saturated rings. The van der Waals surface area contributed by atoms with Crippen LogP contribution in [-0.2, 0) is 0 Å². The number of hydrogen-bond acceptors (Lipinski definition) is 8. The van der Waals surface area contributed by atoms with Gasteiger partial charge in [-0.3, -0.25) is 15.1 Å². The number of anilines is 1. The zero-order valence-electron chi connectivity index (χ0n) is 19.8. The number of aromatic amines is 2. The molecule has 0 aliphatic rings. The normalized spacial score (nSPS) is 12.4. The van der Waals surface area contributed by atoms with Crippen LogP contribution >= 0.6 is 11.3 Å². The standard InChI is InChI=1S/C26H24N8OS/c1-3-4-22(35)30-17-7-15(9-27-11-17)16-8-18-24(33-34-25(18)29-10-16)26-31-20-13-28-12-19(23(20)32-26)21-6-5-14(2)36-21/h5-13,22,30,35H,3-4H2,1-2H3,(H,31,32)(H,29,33,34). The Hall–Kier alpha value is -4.15. The molecule has 0 amide bonds. The second-order valence-corrected chi connectivity index (χ2v) is 9.97. The largest absolute Gasteiger partial charge is 0.374 e. The average molecular weight is 497 g/mol. The number of H-pyrrole nitrogens is 2. The summed E-state index contributed by atoms with van der Waals surface area (Å²) < 4.78 is 0. The highest BCUT2D eigenvalue weighted by molar-refractivity contribution is 7.15. The van der Waals surface area contributed by atoms with Gasteiger partial charge in [-0.15, -0.1) is 11.3 Å². The van der Waals surface area contributed by atoms with E-state index in [0.29, 0.717) is 23.6 Å². The number of rotatable bonds is 7. The van der Waals surface area contributed by atoms with Crippen molar-refractivity contribution in [3.8, 4) is 33.1 Å². The number of hydrogen-bond donors (Lipinski definition) is 4. The predicted molar refractivity (Wildman–Crippen MR) is 143 cm³/mol. The molecule has 0 saturated carbocycles. The van der Waals surface area contributed by atoms with Gasteiger partial charge in [0.25, 0.3) is 0 Å². The van der Waals surface area contributed by atoms with E-state index < -0.39 is 6.23 Å². The van der Waals surface area contributed by atoms with Crippen LogP contribution in [0.1, 0.15) is 24.6 Å². The molecule has 0 aliphatic carbocycles. The van der Waals surface area contributed by atoms with E-state index in [1.807, 2.05) is 25.3 Å². The fourth-order valence-corrected chi connectivity index (χ4v) is 5.14. The lowest BCUT2D eigenvalue weighted by Gasteiger charge is -2.13. The van der Waals surface area contributed by atoms with E-state index in [0.717, 1.165) is 50.1 Å². The number of aliphatic hydroxyl groups is 1. The van der Waals surface area contributed by atoms with E-state index in [9.17, 15) is 5.11 Å². The van der Waals surface area contributed by atoms with Crippen LogP contribution in [0.25, 0.3) is 55.2 Å². The second-order valence-electron chi connectivity index (χ2n) is 8.68. The highest BCUT2D eigenvalue weighted by Crippen LogP contribution is 2.34. The Morgan fingerprint density at radius 2 is 1.92 bits per heavy atom. The van der Waals surface area contributed by atoms with Gasteiger partial charge in [0.2, 0.25) is 0 Å². The summed E-state index contributed by atoms with van der Waals surface area (Å²) in [6, 6.07) is 8.18. The molecule has 0 bridgehead atoms. The summed E-state index contributed by atoms with van der Waals surface area (Å²) in [6.45, 7) is 4.12. The number of aliphatic hydroxyl groups excluding tert-OH is 1. The fraction of sp³-hybridized carbons (Fsp3) is 0.192. The third-order valence-corrected chi connectivity index (χ3v) is 7.04. The Labute approximate surface area is 210 Å². The smallest absolute Gasteiger partial charge is 0.159 e. The molecule has 0 aromatic carbocycles. The van der Waals surface area contributed by atoms with Crippen molar-refractivity contribution >= 4 is 39.1 Å². The molecule has 0 saturated heterocycles. The highest BCUT2D eigenvalue weighted by atomic mass is 32.1. The topological polar surface area (TPSA) is 128 Å². The van der Waals surface area contributed by atoms with E-state index in [1.165, 1.54) is 4.88 Å². The second kappa shape index (κ2) is 9.14. The number of pyridine rings is 3. The molecule has 0 radical (unpaired) electrons. The van der Waals surface area contributed by atoms with Crippen LogP contribution in [0, 0.1) is 6.92 Å². The number of nitrogens with one attached hydrogen (secondary N) is 3. The molecule has 9 nitrogen and oxygen atoms in total. The van der Waals surface area contributed by atoms with Gasteiger partial charge < -0.3 is 15.4 Å². The maximum atomic E-state index is 10.1. The van der Waals surface area contributed by atoms with Crippen molar-refractivity contribution in [2.75, 3.05) is 5.32 Å². The summed E-state index contributed by atoms with van der Waals surface area (Å²) >= 11 is 1.72. The SMILES string of the molecule is CCCC(O)Nc1cncc(-c2cnc3[nH]nc(-c4nc5c(-c6ccc(C)s6)cncc5[nH]4)c3c2)c1. The molecule has 1 atom stereocenters. The zero-order chi connectivity index (χ0) is 24.6. The van der Waals surface area contributed by atoms with Crippen molar-refractivity contribution in [2.24, 2.45) is 0 Å². The molecule has 6 aromatic rings. The van der Waals surface area contributed by atoms with Crippen molar-refractivity contribution < 1.29 is 5.11 Å². The molecule has 0 aliphatic heterocycles. The maximum absolute atomic E-state index is 10.1. The van der Waals surface area contributed by atoms with Crippen molar-refractivity contribution in [2.45, 2.75) is 32.9 Å². The average Bonchev–Trinajstić information content (AvgIpc) is 3.61. The van der Waals surface area contributed by atoms with Gasteiger partial charge in [0.1, 0.15) is 17.4 Å².